The van der Waals surface area contributed by atoms with Crippen LogP contribution in [0.25, 0.3) is 0 Å². The van der Waals surface area contributed by atoms with Crippen molar-refractivity contribution in [1.29, 1.82) is 0 Å². The summed E-state index contributed by atoms with van der Waals surface area (Å²) in [6, 6.07) is 10.2. The van der Waals surface area contributed by atoms with Crippen molar-refractivity contribution in [3.05, 3.63) is 68.8 Å². The predicted octanol–water partition coefficient (Wildman–Crippen LogP) is 7.31. The summed E-state index contributed by atoms with van der Waals surface area (Å²) in [5.74, 6) is 2.09. The number of rotatable bonds is 11. The Bertz CT molecular complexity index is 1380. The van der Waals surface area contributed by atoms with E-state index in [1.54, 1.807) is 35.7 Å². The second-order valence-corrected chi connectivity index (χ2v) is 11.2. The van der Waals surface area contributed by atoms with Gasteiger partial charge in [-0.1, -0.05) is 60.4 Å². The highest BCUT2D eigenvalue weighted by atomic mass is 35.5. The minimum atomic E-state index is -0.575. The third-order valence-electron chi connectivity index (χ3n) is 6.03. The molecule has 0 bridgehead atoms. The number of unbranched alkanes of at least 4 members (excludes halogenated alkanes) is 1. The van der Waals surface area contributed by atoms with Crippen LogP contribution >= 0.6 is 35.0 Å². The molecule has 8 nitrogen and oxygen atoms in total. The Morgan fingerprint density at radius 2 is 1.97 bits per heavy atom. The Balaban J connectivity index is 1.70. The Hall–Kier alpha value is -2.88. The van der Waals surface area contributed by atoms with E-state index in [-0.39, 0.29) is 12.7 Å². The summed E-state index contributed by atoms with van der Waals surface area (Å²) in [5, 5.41) is 9.73. The monoisotopic (exact) mass is 590 g/mol. The van der Waals surface area contributed by atoms with Crippen molar-refractivity contribution < 1.29 is 19.0 Å². The number of esters is 1. The third kappa shape index (κ3) is 6.83. The van der Waals surface area contributed by atoms with Crippen LogP contribution in [-0.4, -0.2) is 39.7 Å². The van der Waals surface area contributed by atoms with Gasteiger partial charge in [-0.15, -0.1) is 5.10 Å². The number of halogens is 2. The Morgan fingerprint density at radius 3 is 2.67 bits per heavy atom. The predicted molar refractivity (Wildman–Crippen MR) is 155 cm³/mol. The maximum absolute atomic E-state index is 13.3. The van der Waals surface area contributed by atoms with Gasteiger partial charge in [0.15, 0.2) is 11.5 Å². The van der Waals surface area contributed by atoms with Gasteiger partial charge >= 0.3 is 5.97 Å². The lowest BCUT2D eigenvalue weighted by molar-refractivity contribution is -0.143. The zero-order valence-electron chi connectivity index (χ0n) is 22.6. The molecule has 208 valence electrons. The van der Waals surface area contributed by atoms with Gasteiger partial charge in [-0.3, -0.25) is 0 Å². The van der Waals surface area contributed by atoms with Crippen LogP contribution in [0.5, 0.6) is 11.5 Å². The number of nitrogens with one attached hydrogen (secondary N) is 1. The third-order valence-corrected chi connectivity index (χ3v) is 7.54. The van der Waals surface area contributed by atoms with E-state index in [2.05, 4.69) is 17.2 Å². The number of methoxy groups -OCH3 is 1. The molecule has 0 saturated carbocycles. The molecule has 1 aliphatic rings. The first-order chi connectivity index (χ1) is 18.7. The number of hydrogen-bond donors (Lipinski definition) is 1. The molecule has 0 saturated heterocycles. The number of nitrogens with zero attached hydrogens (tertiary/aromatic N) is 3. The van der Waals surface area contributed by atoms with E-state index >= 15 is 0 Å². The Labute approximate surface area is 243 Å². The summed E-state index contributed by atoms with van der Waals surface area (Å²) >= 11 is 13.9. The molecule has 0 aliphatic carbocycles. The molecule has 2 aromatic carbocycles. The van der Waals surface area contributed by atoms with Crippen molar-refractivity contribution in [1.82, 2.24) is 14.8 Å². The number of anilines is 1. The van der Waals surface area contributed by atoms with Gasteiger partial charge in [0.05, 0.1) is 18.8 Å². The fourth-order valence-electron chi connectivity index (χ4n) is 4.12. The lowest BCUT2D eigenvalue weighted by Crippen LogP contribution is -2.30. The van der Waals surface area contributed by atoms with Gasteiger partial charge in [-0.05, 0) is 57.0 Å². The number of ether oxygens (including phenoxy) is 3. The first-order valence-electron chi connectivity index (χ1n) is 12.7. The Kier molecular flexibility index (Phi) is 9.69. The number of aromatic nitrogens is 3. The van der Waals surface area contributed by atoms with E-state index in [9.17, 15) is 4.79 Å². The van der Waals surface area contributed by atoms with Gasteiger partial charge in [0.1, 0.15) is 12.6 Å². The SMILES string of the molecule is CCCCSc1nc2n(n1)C(c1ccc(OCc3ccc(Cl)cc3Cl)c(OC)c1)C(C(=O)OC(C)C)=C(C)N2. The van der Waals surface area contributed by atoms with Crippen molar-refractivity contribution in [2.45, 2.75) is 64.4 Å². The first kappa shape index (κ1) is 29.1. The van der Waals surface area contributed by atoms with Crippen LogP contribution in [0.4, 0.5) is 5.95 Å². The van der Waals surface area contributed by atoms with Crippen LogP contribution in [0, 0.1) is 0 Å². The molecule has 0 amide bonds. The fourth-order valence-corrected chi connectivity index (χ4v) is 5.49. The standard InChI is InChI=1S/C28H32Cl2N4O4S/c1-6-7-12-39-28-32-27-31-17(4)24(26(35)38-16(2)3)25(34(27)33-28)18-9-11-22(23(13-18)36-5)37-15-19-8-10-20(29)14-21(19)30/h8-11,13-14,16,25H,6-7,12,15H2,1-5H3,(H,31,32,33). The average molecular weight is 592 g/mol. The molecule has 1 N–H and O–H groups in total. The van der Waals surface area contributed by atoms with Gasteiger partial charge in [-0.25, -0.2) is 9.48 Å². The van der Waals surface area contributed by atoms with Crippen LogP contribution < -0.4 is 14.8 Å². The van der Waals surface area contributed by atoms with Crippen LogP contribution in [0.1, 0.15) is 57.7 Å². The Morgan fingerprint density at radius 1 is 1.18 bits per heavy atom. The van der Waals surface area contributed by atoms with E-state index in [4.69, 9.17) is 42.5 Å². The number of benzene rings is 2. The summed E-state index contributed by atoms with van der Waals surface area (Å²) in [7, 11) is 1.57. The van der Waals surface area contributed by atoms with Crippen LogP contribution in [0.2, 0.25) is 10.0 Å². The van der Waals surface area contributed by atoms with Crippen molar-refractivity contribution >= 4 is 46.9 Å². The summed E-state index contributed by atoms with van der Waals surface area (Å²) in [6.07, 6.45) is 1.88. The van der Waals surface area contributed by atoms with Gasteiger partial charge < -0.3 is 19.5 Å². The number of thioether (sulfide) groups is 1. The van der Waals surface area contributed by atoms with E-state index < -0.39 is 12.0 Å². The molecule has 1 atom stereocenters. The normalized spacial score (nSPS) is 14.7. The molecule has 1 aliphatic heterocycles. The van der Waals surface area contributed by atoms with Gasteiger partial charge in [0.2, 0.25) is 11.1 Å². The average Bonchev–Trinajstić information content (AvgIpc) is 3.29. The highest BCUT2D eigenvalue weighted by Gasteiger charge is 2.36. The van der Waals surface area contributed by atoms with E-state index in [1.165, 1.54) is 0 Å². The number of carbonyl (C=O) groups excluding carboxylic acids is 1. The minimum absolute atomic E-state index is 0.232. The smallest absolute Gasteiger partial charge is 0.338 e. The zero-order valence-corrected chi connectivity index (χ0v) is 24.9. The second-order valence-electron chi connectivity index (χ2n) is 9.32. The molecule has 0 spiro atoms. The highest BCUT2D eigenvalue weighted by Crippen LogP contribution is 2.40. The maximum Gasteiger partial charge on any atom is 0.338 e. The van der Waals surface area contributed by atoms with E-state index in [1.807, 2.05) is 45.0 Å². The van der Waals surface area contributed by atoms with Crippen molar-refractivity contribution in [2.75, 3.05) is 18.2 Å². The minimum Gasteiger partial charge on any atom is -0.493 e. The second kappa shape index (κ2) is 13.0. The largest absolute Gasteiger partial charge is 0.493 e. The molecule has 1 aromatic heterocycles. The van der Waals surface area contributed by atoms with E-state index in [0.717, 1.165) is 29.7 Å². The van der Waals surface area contributed by atoms with Crippen molar-refractivity contribution in [3.63, 3.8) is 0 Å². The summed E-state index contributed by atoms with van der Waals surface area (Å²) in [5.41, 5.74) is 2.68. The number of carbonyl (C=O) groups is 1. The summed E-state index contributed by atoms with van der Waals surface area (Å²) in [6.45, 7) is 7.87. The first-order valence-corrected chi connectivity index (χ1v) is 14.5. The highest BCUT2D eigenvalue weighted by molar-refractivity contribution is 7.99. The van der Waals surface area contributed by atoms with Crippen LogP contribution in [-0.2, 0) is 16.1 Å². The lowest BCUT2D eigenvalue weighted by Gasteiger charge is -2.29. The zero-order chi connectivity index (χ0) is 28.1. The molecular formula is C28H32Cl2N4O4S. The number of hydrogen-bond acceptors (Lipinski definition) is 8. The molecule has 11 heteroatoms. The molecule has 0 fully saturated rings. The van der Waals surface area contributed by atoms with Crippen LogP contribution in [0.3, 0.4) is 0 Å². The quantitative estimate of drug-likeness (QED) is 0.141. The fraction of sp³-hybridized carbons (Fsp3) is 0.393. The molecule has 2 heterocycles. The summed E-state index contributed by atoms with van der Waals surface area (Å²) in [4.78, 5) is 18.0. The topological polar surface area (TPSA) is 87.5 Å². The maximum atomic E-state index is 13.3. The van der Waals surface area contributed by atoms with Crippen molar-refractivity contribution in [2.24, 2.45) is 0 Å². The molecule has 4 rings (SSSR count). The molecular weight excluding hydrogens is 559 g/mol. The molecule has 1 unspecified atom stereocenters. The molecule has 39 heavy (non-hydrogen) atoms. The molecule has 3 aromatic rings. The lowest BCUT2D eigenvalue weighted by atomic mass is 9.95. The van der Waals surface area contributed by atoms with E-state index in [0.29, 0.717) is 43.9 Å². The van der Waals surface area contributed by atoms with Gasteiger partial charge in [0.25, 0.3) is 0 Å². The van der Waals surface area contributed by atoms with Crippen LogP contribution in [0.15, 0.2) is 52.8 Å². The van der Waals surface area contributed by atoms with Crippen molar-refractivity contribution in [3.8, 4) is 11.5 Å². The van der Waals surface area contributed by atoms with Gasteiger partial charge in [-0.2, -0.15) is 4.98 Å². The number of allylic oxidation sites excluding steroid dienone is 1. The number of fused-ring (bicyclic) bond motifs is 1. The summed E-state index contributed by atoms with van der Waals surface area (Å²) < 4.78 is 19.1. The molecule has 0 radical (unpaired) electrons. The van der Waals surface area contributed by atoms with Gasteiger partial charge in [0, 0.05) is 27.1 Å².